The summed E-state index contributed by atoms with van der Waals surface area (Å²) in [5.41, 5.74) is 6.09. The van der Waals surface area contributed by atoms with Gasteiger partial charge in [-0.25, -0.2) is 13.8 Å². The third-order valence-corrected chi connectivity index (χ3v) is 2.92. The number of nitrogen functional groups attached to an aromatic ring is 1. The molecule has 0 saturated carbocycles. The summed E-state index contributed by atoms with van der Waals surface area (Å²) >= 11 is 0. The van der Waals surface area contributed by atoms with Gasteiger partial charge in [0.25, 0.3) is 5.92 Å². The predicted molar refractivity (Wildman–Crippen MR) is 61.6 cm³/mol. The molecule has 6 heteroatoms. The van der Waals surface area contributed by atoms with Crippen LogP contribution in [0.25, 0.3) is 0 Å². The minimum atomic E-state index is -2.55. The summed E-state index contributed by atoms with van der Waals surface area (Å²) in [4.78, 5) is 5.95. The lowest BCUT2D eigenvalue weighted by Gasteiger charge is -2.32. The van der Waals surface area contributed by atoms with Crippen molar-refractivity contribution in [2.24, 2.45) is 0 Å². The summed E-state index contributed by atoms with van der Waals surface area (Å²) in [7, 11) is 1.51. The molecular weight excluding hydrogens is 228 g/mol. The Morgan fingerprint density at radius 3 is 2.65 bits per heavy atom. The van der Waals surface area contributed by atoms with Crippen molar-refractivity contribution in [3.63, 3.8) is 0 Å². The number of aromatic nitrogens is 1. The van der Waals surface area contributed by atoms with E-state index in [1.165, 1.54) is 13.3 Å². The van der Waals surface area contributed by atoms with Crippen LogP contribution >= 0.6 is 0 Å². The van der Waals surface area contributed by atoms with Gasteiger partial charge in [0.15, 0.2) is 0 Å². The summed E-state index contributed by atoms with van der Waals surface area (Å²) in [6.45, 7) is 0.597. The van der Waals surface area contributed by atoms with E-state index in [2.05, 4.69) is 4.98 Å². The topological polar surface area (TPSA) is 51.4 Å². The van der Waals surface area contributed by atoms with Crippen LogP contribution in [0.2, 0.25) is 0 Å². The van der Waals surface area contributed by atoms with E-state index in [9.17, 15) is 8.78 Å². The highest BCUT2D eigenvalue weighted by atomic mass is 19.3. The number of alkyl halides is 2. The van der Waals surface area contributed by atoms with Crippen molar-refractivity contribution in [3.05, 3.63) is 12.3 Å². The maximum atomic E-state index is 13.0. The Hall–Kier alpha value is -1.59. The Balaban J connectivity index is 2.13. The number of nitrogens with zero attached hydrogens (tertiary/aromatic N) is 2. The highest BCUT2D eigenvalue weighted by molar-refractivity contribution is 5.57. The second-order valence-electron chi connectivity index (χ2n) is 4.13. The molecule has 0 bridgehead atoms. The second-order valence-corrected chi connectivity index (χ2v) is 4.13. The van der Waals surface area contributed by atoms with Gasteiger partial charge in [-0.3, -0.25) is 0 Å². The molecule has 1 aliphatic rings. The van der Waals surface area contributed by atoms with Crippen molar-refractivity contribution in [2.45, 2.75) is 18.8 Å². The van der Waals surface area contributed by atoms with Crippen LogP contribution in [0.5, 0.6) is 5.75 Å². The van der Waals surface area contributed by atoms with Gasteiger partial charge in [-0.1, -0.05) is 0 Å². The standard InChI is InChI=1S/C11H15F2N3O/c1-17-9-6-10(15-7-8(9)14)16-4-2-11(12,13)3-5-16/h6-7H,2-5,14H2,1H3. The lowest BCUT2D eigenvalue weighted by Crippen LogP contribution is -2.39. The fourth-order valence-electron chi connectivity index (χ4n) is 1.85. The Kier molecular flexibility index (Phi) is 3.04. The molecule has 1 fully saturated rings. The van der Waals surface area contributed by atoms with Crippen LogP contribution < -0.4 is 15.4 Å². The minimum absolute atomic E-state index is 0.138. The molecule has 2 N–H and O–H groups in total. The van der Waals surface area contributed by atoms with Crippen LogP contribution in [0.15, 0.2) is 12.3 Å². The van der Waals surface area contributed by atoms with Crippen LogP contribution in [0.4, 0.5) is 20.3 Å². The summed E-state index contributed by atoms with van der Waals surface area (Å²) in [6.07, 6.45) is 1.21. The van der Waals surface area contributed by atoms with Gasteiger partial charge in [0.2, 0.25) is 0 Å². The fraction of sp³-hybridized carbons (Fsp3) is 0.545. The van der Waals surface area contributed by atoms with Gasteiger partial charge in [0.05, 0.1) is 19.0 Å². The number of hydrogen-bond donors (Lipinski definition) is 1. The molecule has 0 amide bonds. The second kappa shape index (κ2) is 4.35. The van der Waals surface area contributed by atoms with Crippen molar-refractivity contribution >= 4 is 11.5 Å². The number of hydrogen-bond acceptors (Lipinski definition) is 4. The van der Waals surface area contributed by atoms with Crippen molar-refractivity contribution in [3.8, 4) is 5.75 Å². The molecule has 2 heterocycles. The quantitative estimate of drug-likeness (QED) is 0.862. The molecule has 17 heavy (non-hydrogen) atoms. The SMILES string of the molecule is COc1cc(N2CCC(F)(F)CC2)ncc1N. The molecule has 2 rings (SSSR count). The van der Waals surface area contributed by atoms with Gasteiger partial charge in [-0.2, -0.15) is 0 Å². The van der Waals surface area contributed by atoms with Crippen LogP contribution in [0.3, 0.4) is 0 Å². The summed E-state index contributed by atoms with van der Waals surface area (Å²) in [6, 6.07) is 1.68. The van der Waals surface area contributed by atoms with E-state index in [1.54, 1.807) is 6.07 Å². The van der Waals surface area contributed by atoms with E-state index in [0.717, 1.165) is 0 Å². The number of methoxy groups -OCH3 is 1. The van der Waals surface area contributed by atoms with Gasteiger partial charge < -0.3 is 15.4 Å². The molecule has 0 aromatic carbocycles. The van der Waals surface area contributed by atoms with E-state index in [-0.39, 0.29) is 12.8 Å². The molecule has 0 spiro atoms. The number of anilines is 2. The molecule has 1 aromatic rings. The third-order valence-electron chi connectivity index (χ3n) is 2.92. The Morgan fingerprint density at radius 1 is 1.41 bits per heavy atom. The van der Waals surface area contributed by atoms with E-state index < -0.39 is 5.92 Å². The Morgan fingerprint density at radius 2 is 2.06 bits per heavy atom. The average molecular weight is 243 g/mol. The van der Waals surface area contributed by atoms with Gasteiger partial charge in [-0.15, -0.1) is 0 Å². The van der Waals surface area contributed by atoms with Crippen molar-refractivity contribution in [1.82, 2.24) is 4.98 Å². The van der Waals surface area contributed by atoms with Gasteiger partial charge >= 0.3 is 0 Å². The summed E-state index contributed by atoms with van der Waals surface area (Å²) in [5, 5.41) is 0. The molecule has 1 aromatic heterocycles. The van der Waals surface area contributed by atoms with Gasteiger partial charge in [0.1, 0.15) is 11.6 Å². The van der Waals surface area contributed by atoms with E-state index in [0.29, 0.717) is 30.3 Å². The molecule has 0 atom stereocenters. The van der Waals surface area contributed by atoms with Crippen LogP contribution in [0.1, 0.15) is 12.8 Å². The van der Waals surface area contributed by atoms with E-state index in [4.69, 9.17) is 10.5 Å². The molecule has 1 aliphatic heterocycles. The first-order chi connectivity index (χ1) is 8.02. The zero-order valence-corrected chi connectivity index (χ0v) is 9.62. The highest BCUT2D eigenvalue weighted by Gasteiger charge is 2.34. The smallest absolute Gasteiger partial charge is 0.251 e. The van der Waals surface area contributed by atoms with Crippen LogP contribution in [-0.4, -0.2) is 31.1 Å². The van der Waals surface area contributed by atoms with Gasteiger partial charge in [-0.05, 0) is 0 Å². The normalized spacial score (nSPS) is 19.1. The number of halogens is 2. The number of nitrogens with two attached hydrogens (primary N) is 1. The average Bonchev–Trinajstić information content (AvgIpc) is 2.30. The van der Waals surface area contributed by atoms with E-state index in [1.807, 2.05) is 4.90 Å². The maximum absolute atomic E-state index is 13.0. The summed E-state index contributed by atoms with van der Waals surface area (Å²) in [5.74, 6) is -1.40. The van der Waals surface area contributed by atoms with Crippen LogP contribution in [0, 0.1) is 0 Å². The Bertz CT molecular complexity index is 402. The lowest BCUT2D eigenvalue weighted by atomic mass is 10.1. The monoisotopic (exact) mass is 243 g/mol. The van der Waals surface area contributed by atoms with Crippen molar-refractivity contribution in [1.29, 1.82) is 0 Å². The first-order valence-corrected chi connectivity index (χ1v) is 5.44. The Labute approximate surface area is 98.4 Å². The predicted octanol–water partition coefficient (Wildman–Crippen LogP) is 1.91. The molecule has 0 radical (unpaired) electrons. The highest BCUT2D eigenvalue weighted by Crippen LogP contribution is 2.31. The maximum Gasteiger partial charge on any atom is 0.251 e. The van der Waals surface area contributed by atoms with Gasteiger partial charge in [0, 0.05) is 32.0 Å². The van der Waals surface area contributed by atoms with Crippen molar-refractivity contribution in [2.75, 3.05) is 30.8 Å². The number of rotatable bonds is 2. The third kappa shape index (κ3) is 2.57. The van der Waals surface area contributed by atoms with E-state index >= 15 is 0 Å². The number of pyridine rings is 1. The molecule has 4 nitrogen and oxygen atoms in total. The first-order valence-electron chi connectivity index (χ1n) is 5.44. The van der Waals surface area contributed by atoms with Crippen LogP contribution in [-0.2, 0) is 0 Å². The molecule has 0 unspecified atom stereocenters. The fourth-order valence-corrected chi connectivity index (χ4v) is 1.85. The van der Waals surface area contributed by atoms with Crippen molar-refractivity contribution < 1.29 is 13.5 Å². The lowest BCUT2D eigenvalue weighted by molar-refractivity contribution is -0.0221. The molecule has 94 valence electrons. The number of ether oxygens (including phenoxy) is 1. The largest absolute Gasteiger partial charge is 0.494 e. The first kappa shape index (κ1) is 11.9. The molecular formula is C11H15F2N3O. The number of piperidine rings is 1. The molecule has 1 saturated heterocycles. The minimum Gasteiger partial charge on any atom is -0.494 e. The zero-order valence-electron chi connectivity index (χ0n) is 9.62. The molecule has 0 aliphatic carbocycles. The zero-order chi connectivity index (χ0) is 12.5. The summed E-state index contributed by atoms with van der Waals surface area (Å²) < 4.78 is 31.1.